The van der Waals surface area contributed by atoms with Crippen molar-refractivity contribution in [1.82, 2.24) is 0 Å². The van der Waals surface area contributed by atoms with Gasteiger partial charge >= 0.3 is 0 Å². The van der Waals surface area contributed by atoms with Gasteiger partial charge in [0.1, 0.15) is 5.84 Å². The Hall–Kier alpha value is -2.24. The van der Waals surface area contributed by atoms with E-state index >= 15 is 0 Å². The topological polar surface area (TPSA) is 50.7 Å². The number of amidine groups is 2. The van der Waals surface area contributed by atoms with Gasteiger partial charge in [-0.25, -0.2) is 9.98 Å². The first-order valence-electron chi connectivity index (χ1n) is 7.61. The molecule has 25 heavy (non-hydrogen) atoms. The molecule has 3 aromatic carbocycles. The molecular weight excluding hydrogens is 442 g/mol. The Morgan fingerprint density at radius 1 is 0.720 bits per heavy atom. The minimum Gasteiger partial charge on any atom is -0.383 e. The molecule has 0 heterocycles. The molecule has 124 valence electrons. The highest BCUT2D eigenvalue weighted by Crippen LogP contribution is 2.18. The average molecular weight is 457 g/mol. The lowest BCUT2D eigenvalue weighted by atomic mass is 10.2. The fraction of sp³-hybridized carbons (Fsp3) is 0. The molecule has 2 N–H and O–H groups in total. The van der Waals surface area contributed by atoms with Crippen LogP contribution in [-0.4, -0.2) is 11.7 Å². The van der Waals surface area contributed by atoms with E-state index < -0.39 is 0 Å². The predicted octanol–water partition coefficient (Wildman–Crippen LogP) is 5.70. The van der Waals surface area contributed by atoms with E-state index in [0.717, 1.165) is 25.8 Å². The van der Waals surface area contributed by atoms with E-state index in [4.69, 9.17) is 5.73 Å². The second-order valence-corrected chi connectivity index (χ2v) is 7.12. The summed E-state index contributed by atoms with van der Waals surface area (Å²) in [7, 11) is 0. The molecule has 3 rings (SSSR count). The standard InChI is InChI=1S/C20H15Br2N3/c21-16-11-9-14(10-12-16)19(23)25-20(15-5-4-6-17(22)13-15)24-18-7-2-1-3-8-18/h1-13H,(H2,23,24,25). The lowest BCUT2D eigenvalue weighted by Crippen LogP contribution is -2.16. The average Bonchev–Trinajstić information content (AvgIpc) is 2.62. The first kappa shape index (κ1) is 17.6. The number of hydrogen-bond donors (Lipinski definition) is 1. The van der Waals surface area contributed by atoms with Gasteiger partial charge in [-0.2, -0.15) is 0 Å². The molecule has 5 heteroatoms. The summed E-state index contributed by atoms with van der Waals surface area (Å²) in [5, 5.41) is 0. The zero-order valence-electron chi connectivity index (χ0n) is 13.2. The second kappa shape index (κ2) is 8.23. The molecule has 0 radical (unpaired) electrons. The summed E-state index contributed by atoms with van der Waals surface area (Å²) in [5.41, 5.74) is 8.77. The lowest BCUT2D eigenvalue weighted by molar-refractivity contribution is 1.42. The summed E-state index contributed by atoms with van der Waals surface area (Å²) >= 11 is 6.92. The first-order chi connectivity index (χ1) is 12.1. The molecule has 0 unspecified atom stereocenters. The molecule has 0 saturated heterocycles. The Morgan fingerprint density at radius 3 is 2.12 bits per heavy atom. The molecule has 0 spiro atoms. The van der Waals surface area contributed by atoms with Crippen molar-refractivity contribution in [1.29, 1.82) is 0 Å². The molecule has 0 aliphatic rings. The quantitative estimate of drug-likeness (QED) is 0.399. The van der Waals surface area contributed by atoms with E-state index in [9.17, 15) is 0 Å². The Bertz CT molecular complexity index is 917. The Balaban J connectivity index is 2.06. The van der Waals surface area contributed by atoms with Crippen molar-refractivity contribution in [3.63, 3.8) is 0 Å². The zero-order valence-corrected chi connectivity index (χ0v) is 16.4. The highest BCUT2D eigenvalue weighted by Gasteiger charge is 2.06. The summed E-state index contributed by atoms with van der Waals surface area (Å²) in [4.78, 5) is 9.26. The van der Waals surface area contributed by atoms with Crippen molar-refractivity contribution in [2.24, 2.45) is 15.7 Å². The maximum atomic E-state index is 6.22. The molecule has 0 amide bonds. The molecule has 0 bridgehead atoms. The third-order valence-corrected chi connectivity index (χ3v) is 4.46. The minimum absolute atomic E-state index is 0.419. The van der Waals surface area contributed by atoms with Crippen LogP contribution < -0.4 is 5.73 Å². The van der Waals surface area contributed by atoms with Gasteiger partial charge in [-0.3, -0.25) is 0 Å². The van der Waals surface area contributed by atoms with Crippen molar-refractivity contribution in [3.05, 3.63) is 98.9 Å². The van der Waals surface area contributed by atoms with Crippen LogP contribution in [0.5, 0.6) is 0 Å². The van der Waals surface area contributed by atoms with E-state index in [2.05, 4.69) is 41.8 Å². The van der Waals surface area contributed by atoms with Crippen molar-refractivity contribution in [2.75, 3.05) is 0 Å². The van der Waals surface area contributed by atoms with E-state index in [1.807, 2.05) is 78.9 Å². The highest BCUT2D eigenvalue weighted by atomic mass is 79.9. The summed E-state index contributed by atoms with van der Waals surface area (Å²) in [5.74, 6) is 0.982. The summed E-state index contributed by atoms with van der Waals surface area (Å²) in [6, 6.07) is 25.3. The SMILES string of the molecule is NC(=NC(=Nc1ccccc1)c1cccc(Br)c1)c1ccc(Br)cc1. The van der Waals surface area contributed by atoms with Crippen LogP contribution in [0, 0.1) is 0 Å². The Morgan fingerprint density at radius 2 is 1.44 bits per heavy atom. The fourth-order valence-electron chi connectivity index (χ4n) is 2.21. The summed E-state index contributed by atoms with van der Waals surface area (Å²) < 4.78 is 1.96. The Kier molecular flexibility index (Phi) is 5.79. The number of hydrogen-bond acceptors (Lipinski definition) is 1. The maximum Gasteiger partial charge on any atom is 0.162 e. The van der Waals surface area contributed by atoms with E-state index in [0.29, 0.717) is 11.7 Å². The van der Waals surface area contributed by atoms with Crippen LogP contribution in [0.2, 0.25) is 0 Å². The van der Waals surface area contributed by atoms with E-state index in [-0.39, 0.29) is 0 Å². The molecule has 3 nitrogen and oxygen atoms in total. The molecule has 0 fully saturated rings. The number of para-hydroxylation sites is 1. The molecule has 0 aliphatic heterocycles. The predicted molar refractivity (Wildman–Crippen MR) is 112 cm³/mol. The van der Waals surface area contributed by atoms with E-state index in [1.54, 1.807) is 0 Å². The maximum absolute atomic E-state index is 6.22. The molecule has 0 aromatic heterocycles. The number of halogens is 2. The first-order valence-corrected chi connectivity index (χ1v) is 9.20. The molecular formula is C20H15Br2N3. The van der Waals surface area contributed by atoms with Gasteiger partial charge in [0, 0.05) is 20.1 Å². The molecule has 0 aliphatic carbocycles. The van der Waals surface area contributed by atoms with Crippen molar-refractivity contribution >= 4 is 49.2 Å². The van der Waals surface area contributed by atoms with Crippen molar-refractivity contribution in [2.45, 2.75) is 0 Å². The van der Waals surface area contributed by atoms with Crippen LogP contribution in [0.1, 0.15) is 11.1 Å². The zero-order chi connectivity index (χ0) is 17.6. The minimum atomic E-state index is 0.419. The van der Waals surface area contributed by atoms with Gasteiger partial charge < -0.3 is 5.73 Å². The van der Waals surface area contributed by atoms with Gasteiger partial charge in [0.2, 0.25) is 0 Å². The largest absolute Gasteiger partial charge is 0.383 e. The number of rotatable bonds is 3. The third-order valence-electron chi connectivity index (χ3n) is 3.44. The van der Waals surface area contributed by atoms with Crippen LogP contribution in [0.4, 0.5) is 5.69 Å². The van der Waals surface area contributed by atoms with Crippen LogP contribution in [-0.2, 0) is 0 Å². The van der Waals surface area contributed by atoms with Crippen LogP contribution in [0.15, 0.2) is 97.8 Å². The monoisotopic (exact) mass is 455 g/mol. The van der Waals surface area contributed by atoms with Crippen LogP contribution >= 0.6 is 31.9 Å². The van der Waals surface area contributed by atoms with Crippen LogP contribution in [0.25, 0.3) is 0 Å². The van der Waals surface area contributed by atoms with Gasteiger partial charge in [0.05, 0.1) is 5.69 Å². The van der Waals surface area contributed by atoms with Gasteiger partial charge in [-0.05, 0) is 36.4 Å². The Labute approximate surface area is 163 Å². The van der Waals surface area contributed by atoms with Crippen molar-refractivity contribution in [3.8, 4) is 0 Å². The number of aliphatic imine (C=N–C) groups is 2. The normalized spacial score (nSPS) is 12.2. The molecule has 3 aromatic rings. The number of nitrogens with two attached hydrogens (primary N) is 1. The van der Waals surface area contributed by atoms with Crippen LogP contribution in [0.3, 0.4) is 0 Å². The number of nitrogens with zero attached hydrogens (tertiary/aromatic N) is 2. The van der Waals surface area contributed by atoms with E-state index in [1.165, 1.54) is 0 Å². The number of benzene rings is 3. The second-order valence-electron chi connectivity index (χ2n) is 5.29. The van der Waals surface area contributed by atoms with Gasteiger partial charge in [0.15, 0.2) is 5.84 Å². The van der Waals surface area contributed by atoms with Gasteiger partial charge in [0.25, 0.3) is 0 Å². The van der Waals surface area contributed by atoms with Gasteiger partial charge in [-0.1, -0.05) is 74.3 Å². The molecule has 0 atom stereocenters. The highest BCUT2D eigenvalue weighted by molar-refractivity contribution is 9.10. The van der Waals surface area contributed by atoms with Gasteiger partial charge in [-0.15, -0.1) is 0 Å². The molecule has 0 saturated carbocycles. The summed E-state index contributed by atoms with van der Waals surface area (Å²) in [6.07, 6.45) is 0. The lowest BCUT2D eigenvalue weighted by Gasteiger charge is -2.06. The van der Waals surface area contributed by atoms with Crippen molar-refractivity contribution < 1.29 is 0 Å². The third kappa shape index (κ3) is 4.87. The fourth-order valence-corrected chi connectivity index (χ4v) is 2.87. The smallest absolute Gasteiger partial charge is 0.162 e. The summed E-state index contributed by atoms with van der Waals surface area (Å²) in [6.45, 7) is 0.